The molecule has 3 aromatic rings. The van der Waals surface area contributed by atoms with Crippen LogP contribution in [0.5, 0.6) is 11.6 Å². The van der Waals surface area contributed by atoms with E-state index in [0.29, 0.717) is 29.5 Å². The molecule has 1 N–H and O–H groups in total. The molecule has 36 heavy (non-hydrogen) atoms. The van der Waals surface area contributed by atoms with Gasteiger partial charge in [-0.1, -0.05) is 6.07 Å². The molecule has 0 saturated carbocycles. The normalized spacial score (nSPS) is 13.4. The minimum Gasteiger partial charge on any atom is -0.439 e. The number of hydrogen-bond donors (Lipinski definition) is 1. The average Bonchev–Trinajstić information content (AvgIpc) is 3.21. The zero-order valence-corrected chi connectivity index (χ0v) is 19.4. The number of fused-ring (bicyclic) bond motifs is 1. The summed E-state index contributed by atoms with van der Waals surface area (Å²) in [5, 5.41) is 2.20. The molecule has 14 heteroatoms. The van der Waals surface area contributed by atoms with Gasteiger partial charge in [-0.2, -0.15) is 21.6 Å². The number of alkyl halides is 3. The maximum absolute atomic E-state index is 14.3. The van der Waals surface area contributed by atoms with Crippen LogP contribution in [0.25, 0.3) is 0 Å². The van der Waals surface area contributed by atoms with Gasteiger partial charge in [0, 0.05) is 18.3 Å². The maximum Gasteiger partial charge on any atom is 0.419 e. The average molecular weight is 526 g/mol. The number of carbonyl (C=O) groups excluding carboxylic acids is 1. The number of aromatic nitrogens is 2. The van der Waals surface area contributed by atoms with Crippen molar-refractivity contribution in [3.63, 3.8) is 0 Å². The van der Waals surface area contributed by atoms with Crippen LogP contribution in [0, 0.1) is 5.82 Å². The third-order valence-corrected chi connectivity index (χ3v) is 5.63. The molecule has 190 valence electrons. The van der Waals surface area contributed by atoms with Crippen molar-refractivity contribution in [2.24, 2.45) is 0 Å². The Balaban J connectivity index is 1.46. The lowest BCUT2D eigenvalue weighted by molar-refractivity contribution is -0.139. The summed E-state index contributed by atoms with van der Waals surface area (Å²) in [4.78, 5) is 21.9. The van der Waals surface area contributed by atoms with Crippen LogP contribution in [0.3, 0.4) is 0 Å². The molecule has 0 unspecified atom stereocenters. The van der Waals surface area contributed by atoms with Crippen molar-refractivity contribution in [2.45, 2.75) is 19.2 Å². The number of anilines is 2. The topological polar surface area (TPSA) is 111 Å². The fourth-order valence-electron chi connectivity index (χ4n) is 3.48. The second kappa shape index (κ2) is 9.70. The van der Waals surface area contributed by atoms with Crippen LogP contribution in [0.1, 0.15) is 16.8 Å². The van der Waals surface area contributed by atoms with E-state index in [-0.39, 0.29) is 24.7 Å². The second-order valence-electron chi connectivity index (χ2n) is 7.70. The van der Waals surface area contributed by atoms with Crippen molar-refractivity contribution in [3.8, 4) is 11.6 Å². The molecular formula is C22H18F4N4O5S. The molecule has 2 aromatic carbocycles. The number of benzene rings is 2. The summed E-state index contributed by atoms with van der Waals surface area (Å²) in [7, 11) is -3.65. The van der Waals surface area contributed by atoms with E-state index in [4.69, 9.17) is 8.92 Å². The number of rotatable bonds is 6. The Bertz CT molecular complexity index is 1420. The van der Waals surface area contributed by atoms with Crippen molar-refractivity contribution < 1.29 is 39.7 Å². The first-order valence-electron chi connectivity index (χ1n) is 10.3. The standard InChI is InChI=1S/C22H18F4N4O5S/c1-36(32,33)34-11-14-10-19(28-12-27-14)35-15-5-6-18-13(9-15)7-8-30(18)21(31)29-17-4-2-3-16(20(17)23)22(24,25)26/h2-6,9-10,12H,7-8,11H2,1H3,(H,29,31). The summed E-state index contributed by atoms with van der Waals surface area (Å²) >= 11 is 0. The zero-order valence-electron chi connectivity index (χ0n) is 18.5. The predicted molar refractivity (Wildman–Crippen MR) is 120 cm³/mol. The van der Waals surface area contributed by atoms with Gasteiger partial charge in [-0.05, 0) is 42.3 Å². The van der Waals surface area contributed by atoms with Gasteiger partial charge in [0.1, 0.15) is 18.7 Å². The molecule has 0 spiro atoms. The third-order valence-electron chi connectivity index (χ3n) is 5.08. The lowest BCUT2D eigenvalue weighted by Gasteiger charge is -2.19. The Kier molecular flexibility index (Phi) is 6.82. The minimum atomic E-state index is -4.90. The molecule has 9 nitrogen and oxygen atoms in total. The van der Waals surface area contributed by atoms with Gasteiger partial charge in [-0.25, -0.2) is 19.2 Å². The summed E-state index contributed by atoms with van der Waals surface area (Å²) in [5.74, 6) is -1.06. The largest absolute Gasteiger partial charge is 0.439 e. The highest BCUT2D eigenvalue weighted by Crippen LogP contribution is 2.36. The highest BCUT2D eigenvalue weighted by Gasteiger charge is 2.35. The van der Waals surface area contributed by atoms with Crippen molar-refractivity contribution in [1.29, 1.82) is 0 Å². The van der Waals surface area contributed by atoms with Crippen LogP contribution in [-0.4, -0.2) is 37.2 Å². The van der Waals surface area contributed by atoms with Gasteiger partial charge in [0.15, 0.2) is 5.82 Å². The van der Waals surface area contributed by atoms with E-state index in [0.717, 1.165) is 18.4 Å². The Morgan fingerprint density at radius 1 is 1.17 bits per heavy atom. The SMILES string of the molecule is CS(=O)(=O)OCc1cc(Oc2ccc3c(c2)CCN3C(=O)Nc2cccc(C(F)(F)F)c2F)ncn1. The van der Waals surface area contributed by atoms with Crippen molar-refractivity contribution in [2.75, 3.05) is 23.0 Å². The molecular weight excluding hydrogens is 508 g/mol. The van der Waals surface area contributed by atoms with Crippen LogP contribution in [-0.2, 0) is 33.5 Å². The quantitative estimate of drug-likeness (QED) is 0.372. The molecule has 1 aromatic heterocycles. The lowest BCUT2D eigenvalue weighted by atomic mass is 10.1. The molecule has 0 bridgehead atoms. The molecule has 4 rings (SSSR count). The Morgan fingerprint density at radius 2 is 1.94 bits per heavy atom. The molecule has 0 fully saturated rings. The fourth-order valence-corrected chi connectivity index (χ4v) is 3.82. The summed E-state index contributed by atoms with van der Waals surface area (Å²) < 4.78 is 85.8. The van der Waals surface area contributed by atoms with Gasteiger partial charge in [-0.15, -0.1) is 0 Å². The summed E-state index contributed by atoms with van der Waals surface area (Å²) in [5.41, 5.74) is -0.586. The molecule has 0 atom stereocenters. The predicted octanol–water partition coefficient (Wildman–Crippen LogP) is 4.50. The van der Waals surface area contributed by atoms with E-state index >= 15 is 0 Å². The van der Waals surface area contributed by atoms with E-state index in [1.165, 1.54) is 17.3 Å². The van der Waals surface area contributed by atoms with E-state index in [1.54, 1.807) is 18.2 Å². The highest BCUT2D eigenvalue weighted by atomic mass is 32.2. The summed E-state index contributed by atoms with van der Waals surface area (Å²) in [6, 6.07) is 8.05. The number of halogens is 4. The van der Waals surface area contributed by atoms with Gasteiger partial charge >= 0.3 is 12.2 Å². The number of urea groups is 1. The number of carbonyl (C=O) groups is 1. The van der Waals surface area contributed by atoms with Crippen molar-refractivity contribution in [3.05, 3.63) is 71.4 Å². The van der Waals surface area contributed by atoms with Gasteiger partial charge in [0.25, 0.3) is 10.1 Å². The first-order valence-corrected chi connectivity index (χ1v) is 12.1. The van der Waals surface area contributed by atoms with Gasteiger partial charge in [-0.3, -0.25) is 9.08 Å². The van der Waals surface area contributed by atoms with Gasteiger partial charge in [0.2, 0.25) is 5.88 Å². The third kappa shape index (κ3) is 5.88. The molecule has 2 heterocycles. The molecule has 2 amide bonds. The highest BCUT2D eigenvalue weighted by molar-refractivity contribution is 7.85. The lowest BCUT2D eigenvalue weighted by Crippen LogP contribution is -2.33. The molecule has 1 aliphatic rings. The second-order valence-corrected chi connectivity index (χ2v) is 9.35. The first kappa shape index (κ1) is 25.3. The monoisotopic (exact) mass is 526 g/mol. The minimum absolute atomic E-state index is 0.129. The molecule has 1 aliphatic heterocycles. The van der Waals surface area contributed by atoms with E-state index < -0.39 is 39.4 Å². The molecule has 0 aliphatic carbocycles. The Labute approximate surface area is 202 Å². The zero-order chi connectivity index (χ0) is 26.1. The molecule has 0 saturated heterocycles. The van der Waals surface area contributed by atoms with Crippen LogP contribution < -0.4 is 15.0 Å². The number of amides is 2. The fraction of sp³-hybridized carbons (Fsp3) is 0.227. The van der Waals surface area contributed by atoms with E-state index in [1.807, 2.05) is 0 Å². The maximum atomic E-state index is 14.3. The van der Waals surface area contributed by atoms with E-state index in [2.05, 4.69) is 15.3 Å². The number of ether oxygens (including phenoxy) is 1. The number of nitrogens with zero attached hydrogens (tertiary/aromatic N) is 3. The van der Waals surface area contributed by atoms with Crippen molar-refractivity contribution in [1.82, 2.24) is 9.97 Å². The van der Waals surface area contributed by atoms with Crippen LogP contribution in [0.4, 0.5) is 33.7 Å². The van der Waals surface area contributed by atoms with Gasteiger partial charge in [0.05, 0.1) is 23.2 Å². The molecule has 0 radical (unpaired) electrons. The Hall–Kier alpha value is -3.78. The van der Waals surface area contributed by atoms with Gasteiger partial charge < -0.3 is 10.1 Å². The van der Waals surface area contributed by atoms with Crippen LogP contribution >= 0.6 is 0 Å². The first-order chi connectivity index (χ1) is 16.9. The Morgan fingerprint density at radius 3 is 2.67 bits per heavy atom. The number of hydrogen-bond acceptors (Lipinski definition) is 7. The van der Waals surface area contributed by atoms with Crippen molar-refractivity contribution >= 4 is 27.5 Å². The van der Waals surface area contributed by atoms with E-state index in [9.17, 15) is 30.8 Å². The smallest absolute Gasteiger partial charge is 0.419 e. The van der Waals surface area contributed by atoms with Crippen LogP contribution in [0.15, 0.2) is 48.8 Å². The number of nitrogens with one attached hydrogen (secondary N) is 1. The summed E-state index contributed by atoms with van der Waals surface area (Å²) in [6.07, 6.45) is -2.38. The van der Waals surface area contributed by atoms with Crippen LogP contribution in [0.2, 0.25) is 0 Å². The summed E-state index contributed by atoms with van der Waals surface area (Å²) in [6.45, 7) is -0.0792.